The Labute approximate surface area is 161 Å². The van der Waals surface area contributed by atoms with Gasteiger partial charge in [0.1, 0.15) is 18.8 Å². The Balaban J connectivity index is 1.93. The molecule has 8 heteroatoms. The van der Waals surface area contributed by atoms with Gasteiger partial charge in [-0.15, -0.1) is 0 Å². The highest BCUT2D eigenvalue weighted by molar-refractivity contribution is 5.97. The number of carboxylic acid groups (broad SMARTS) is 1. The lowest BCUT2D eigenvalue weighted by Crippen LogP contribution is -2.69. The minimum atomic E-state index is -1.41. The zero-order valence-corrected chi connectivity index (χ0v) is 16.0. The SMILES string of the molecule is CC1=CC(=O)[C@H](O)[C@]2(C)C3C(=O)OC[C@@]34[C@@H](C[C@@H]12)OC(=O)[C@H](C)[C@@H]4CC(=O)O. The first-order chi connectivity index (χ1) is 13.0. The number of hydrogen-bond acceptors (Lipinski definition) is 7. The average Bonchev–Trinajstić information content (AvgIpc) is 2.97. The van der Waals surface area contributed by atoms with E-state index in [2.05, 4.69) is 0 Å². The van der Waals surface area contributed by atoms with Crippen molar-refractivity contribution in [3.05, 3.63) is 11.6 Å². The van der Waals surface area contributed by atoms with Crippen molar-refractivity contribution in [1.82, 2.24) is 0 Å². The Morgan fingerprint density at radius 1 is 1.29 bits per heavy atom. The molecule has 0 aromatic rings. The van der Waals surface area contributed by atoms with Gasteiger partial charge in [-0.05, 0) is 31.3 Å². The largest absolute Gasteiger partial charge is 0.481 e. The molecule has 0 aromatic heterocycles. The number of ether oxygens (including phenoxy) is 2. The minimum absolute atomic E-state index is 0.0806. The van der Waals surface area contributed by atoms with Crippen LogP contribution in [0, 0.1) is 34.5 Å². The first kappa shape index (κ1) is 19.1. The quantitative estimate of drug-likeness (QED) is 0.658. The summed E-state index contributed by atoms with van der Waals surface area (Å²) in [6, 6.07) is 0. The maximum atomic E-state index is 12.9. The zero-order chi connectivity index (χ0) is 20.6. The van der Waals surface area contributed by atoms with E-state index in [0.717, 1.165) is 5.57 Å². The fourth-order valence-electron chi connectivity index (χ4n) is 6.47. The molecule has 2 aliphatic heterocycles. The molecule has 0 bridgehead atoms. The van der Waals surface area contributed by atoms with Gasteiger partial charge >= 0.3 is 17.9 Å². The molecule has 2 aliphatic carbocycles. The van der Waals surface area contributed by atoms with Crippen molar-refractivity contribution >= 4 is 23.7 Å². The lowest BCUT2D eigenvalue weighted by molar-refractivity contribution is -0.230. The fraction of sp³-hybridized carbons (Fsp3) is 0.700. The highest BCUT2D eigenvalue weighted by Crippen LogP contribution is 2.67. The normalized spacial score (nSPS) is 47.3. The van der Waals surface area contributed by atoms with Crippen LogP contribution in [-0.4, -0.2) is 52.7 Å². The average molecular weight is 392 g/mol. The van der Waals surface area contributed by atoms with E-state index in [1.807, 2.05) is 0 Å². The maximum Gasteiger partial charge on any atom is 0.310 e. The smallest absolute Gasteiger partial charge is 0.310 e. The van der Waals surface area contributed by atoms with Gasteiger partial charge in [0.15, 0.2) is 5.78 Å². The number of carbonyl (C=O) groups is 4. The number of hydrogen-bond donors (Lipinski definition) is 2. The number of esters is 2. The molecular formula is C20H24O8. The third-order valence-electron chi connectivity index (χ3n) is 7.76. The number of carboxylic acids is 1. The molecule has 0 aromatic carbocycles. The van der Waals surface area contributed by atoms with Crippen LogP contribution < -0.4 is 0 Å². The van der Waals surface area contributed by atoms with Crippen molar-refractivity contribution in [3.63, 3.8) is 0 Å². The van der Waals surface area contributed by atoms with E-state index < -0.39 is 64.5 Å². The molecule has 2 N–H and O–H groups in total. The molecule has 2 saturated heterocycles. The lowest BCUT2D eigenvalue weighted by atomic mass is 9.42. The van der Waals surface area contributed by atoms with Crippen molar-refractivity contribution in [2.45, 2.75) is 45.8 Å². The molecule has 1 saturated carbocycles. The van der Waals surface area contributed by atoms with Gasteiger partial charge in [-0.1, -0.05) is 19.4 Å². The van der Waals surface area contributed by atoms with Crippen LogP contribution in [0.15, 0.2) is 11.6 Å². The van der Waals surface area contributed by atoms with E-state index in [0.29, 0.717) is 6.42 Å². The number of ketones is 1. The van der Waals surface area contributed by atoms with Crippen molar-refractivity contribution in [2.75, 3.05) is 6.61 Å². The Bertz CT molecular complexity index is 815. The van der Waals surface area contributed by atoms with Crippen molar-refractivity contribution in [1.29, 1.82) is 0 Å². The number of rotatable bonds is 2. The van der Waals surface area contributed by atoms with Crippen LogP contribution in [0.5, 0.6) is 0 Å². The molecule has 8 atom stereocenters. The van der Waals surface area contributed by atoms with E-state index in [4.69, 9.17) is 9.47 Å². The van der Waals surface area contributed by atoms with Crippen LogP contribution in [-0.2, 0) is 28.7 Å². The van der Waals surface area contributed by atoms with E-state index >= 15 is 0 Å². The first-order valence-electron chi connectivity index (χ1n) is 9.54. The van der Waals surface area contributed by atoms with Gasteiger partial charge in [0.25, 0.3) is 0 Å². The summed E-state index contributed by atoms with van der Waals surface area (Å²) in [5, 5.41) is 20.3. The molecule has 28 heavy (non-hydrogen) atoms. The Morgan fingerprint density at radius 3 is 2.61 bits per heavy atom. The van der Waals surface area contributed by atoms with Crippen LogP contribution in [0.1, 0.15) is 33.6 Å². The first-order valence-corrected chi connectivity index (χ1v) is 9.54. The van der Waals surface area contributed by atoms with E-state index in [1.165, 1.54) is 6.08 Å². The third-order valence-corrected chi connectivity index (χ3v) is 7.76. The topological polar surface area (TPSA) is 127 Å². The van der Waals surface area contributed by atoms with Crippen LogP contribution in [0.4, 0.5) is 0 Å². The molecule has 1 unspecified atom stereocenters. The summed E-state index contributed by atoms with van der Waals surface area (Å²) in [6.07, 6.45) is -0.747. The second-order valence-corrected chi connectivity index (χ2v) is 8.92. The van der Waals surface area contributed by atoms with Gasteiger partial charge in [-0.25, -0.2) is 0 Å². The third kappa shape index (κ3) is 2.15. The second-order valence-electron chi connectivity index (χ2n) is 8.92. The van der Waals surface area contributed by atoms with Gasteiger partial charge in [0.2, 0.25) is 0 Å². The van der Waals surface area contributed by atoms with Gasteiger partial charge in [-0.3, -0.25) is 19.2 Å². The van der Waals surface area contributed by atoms with Gasteiger partial charge in [-0.2, -0.15) is 0 Å². The Kier molecular flexibility index (Phi) is 4.02. The van der Waals surface area contributed by atoms with Crippen LogP contribution in [0.25, 0.3) is 0 Å². The van der Waals surface area contributed by atoms with Gasteiger partial charge in [0.05, 0.1) is 17.3 Å². The van der Waals surface area contributed by atoms with E-state index in [-0.39, 0.29) is 18.9 Å². The fourth-order valence-corrected chi connectivity index (χ4v) is 6.47. The molecule has 4 rings (SSSR count). The summed E-state index contributed by atoms with van der Waals surface area (Å²) in [6.45, 7) is 4.98. The van der Waals surface area contributed by atoms with Crippen molar-refractivity contribution in [2.24, 2.45) is 34.5 Å². The molecule has 152 valence electrons. The monoisotopic (exact) mass is 392 g/mol. The molecular weight excluding hydrogens is 368 g/mol. The summed E-state index contributed by atoms with van der Waals surface area (Å²) < 4.78 is 11.1. The summed E-state index contributed by atoms with van der Waals surface area (Å²) >= 11 is 0. The zero-order valence-electron chi connectivity index (χ0n) is 16.0. The van der Waals surface area contributed by atoms with Crippen molar-refractivity contribution < 1.29 is 38.9 Å². The van der Waals surface area contributed by atoms with E-state index in [1.54, 1.807) is 20.8 Å². The number of cyclic esters (lactones) is 1. The standard InChI is InChI=1S/C20H24O8/c1-8-4-12(21)16(24)19(3)10(8)5-13-20(7-27-18(26)15(19)20)11(6-14(22)23)9(2)17(25)28-13/h4,9-11,13,15-16,24H,5-7H2,1-3H3,(H,22,23)/t9-,10+,11+,13-,15?,16+,19+,20-/m1/s1. The number of aliphatic hydroxyl groups excluding tert-OH is 1. The minimum Gasteiger partial charge on any atom is -0.481 e. The second kappa shape index (κ2) is 5.89. The number of carbonyl (C=O) groups excluding carboxylic acids is 3. The van der Waals surface area contributed by atoms with Gasteiger partial charge < -0.3 is 19.7 Å². The maximum absolute atomic E-state index is 12.9. The van der Waals surface area contributed by atoms with E-state index in [9.17, 15) is 29.4 Å². The van der Waals surface area contributed by atoms with Crippen LogP contribution in [0.3, 0.4) is 0 Å². The van der Waals surface area contributed by atoms with Crippen LogP contribution in [0.2, 0.25) is 0 Å². The molecule has 4 aliphatic rings. The Morgan fingerprint density at radius 2 is 1.96 bits per heavy atom. The number of aliphatic hydroxyl groups is 1. The summed E-state index contributed by atoms with van der Waals surface area (Å²) in [5.74, 6) is -5.35. The predicted molar refractivity (Wildman–Crippen MR) is 92.7 cm³/mol. The summed E-state index contributed by atoms with van der Waals surface area (Å²) in [4.78, 5) is 49.5. The number of allylic oxidation sites excluding steroid dienone is 1. The molecule has 1 spiro atoms. The predicted octanol–water partition coefficient (Wildman–Crippen LogP) is 0.714. The summed E-state index contributed by atoms with van der Waals surface area (Å²) in [7, 11) is 0. The molecule has 0 amide bonds. The molecule has 2 heterocycles. The highest BCUT2D eigenvalue weighted by atomic mass is 16.6. The molecule has 3 fully saturated rings. The summed E-state index contributed by atoms with van der Waals surface area (Å²) in [5.41, 5.74) is -1.51. The number of aliphatic carboxylic acids is 1. The lowest BCUT2D eigenvalue weighted by Gasteiger charge is -2.61. The Hall–Kier alpha value is -2.22. The molecule has 0 radical (unpaired) electrons. The van der Waals surface area contributed by atoms with Crippen LogP contribution >= 0.6 is 0 Å². The molecule has 8 nitrogen and oxygen atoms in total. The highest BCUT2D eigenvalue weighted by Gasteiger charge is 2.75. The number of fused-ring (bicyclic) bond motifs is 2. The van der Waals surface area contributed by atoms with Crippen molar-refractivity contribution in [3.8, 4) is 0 Å². The van der Waals surface area contributed by atoms with Gasteiger partial charge in [0, 0.05) is 11.8 Å².